The summed E-state index contributed by atoms with van der Waals surface area (Å²) in [5.74, 6) is 0.644. The van der Waals surface area contributed by atoms with Gasteiger partial charge in [-0.05, 0) is 19.9 Å². The summed E-state index contributed by atoms with van der Waals surface area (Å²) in [5, 5.41) is 8.72. The van der Waals surface area contributed by atoms with Crippen LogP contribution in [0, 0.1) is 11.3 Å². The number of methoxy groups -OCH3 is 2. The summed E-state index contributed by atoms with van der Waals surface area (Å²) < 4.78 is 10.3. The zero-order valence-electron chi connectivity index (χ0n) is 12.8. The predicted octanol–water partition coefficient (Wildman–Crippen LogP) is 2.05. The fourth-order valence-electron chi connectivity index (χ4n) is 1.98. The van der Waals surface area contributed by atoms with Crippen LogP contribution in [0.3, 0.4) is 0 Å². The van der Waals surface area contributed by atoms with Crippen LogP contribution >= 0.6 is 0 Å². The zero-order chi connectivity index (χ0) is 16.0. The first-order valence-corrected chi connectivity index (χ1v) is 6.65. The largest absolute Gasteiger partial charge is 0.497 e. The Morgan fingerprint density at radius 3 is 2.52 bits per heavy atom. The second-order valence-electron chi connectivity index (χ2n) is 4.79. The molecular formula is C15H21N3O3. The number of nitrogens with two attached hydrogens (primary N) is 1. The Bertz CT molecular complexity index is 550. The van der Waals surface area contributed by atoms with Crippen molar-refractivity contribution in [1.29, 1.82) is 5.26 Å². The summed E-state index contributed by atoms with van der Waals surface area (Å²) in [5.41, 5.74) is 6.58. The van der Waals surface area contributed by atoms with Gasteiger partial charge in [-0.25, -0.2) is 0 Å². The molecule has 0 spiro atoms. The van der Waals surface area contributed by atoms with E-state index in [2.05, 4.69) is 0 Å². The monoisotopic (exact) mass is 291 g/mol. The van der Waals surface area contributed by atoms with Crippen LogP contribution in [-0.4, -0.2) is 37.6 Å². The number of benzene rings is 1. The topological polar surface area (TPSA) is 88.6 Å². The predicted molar refractivity (Wildman–Crippen MR) is 80.4 cm³/mol. The number of hydrogen-bond acceptors (Lipinski definition) is 5. The minimum Gasteiger partial charge on any atom is -0.497 e. The van der Waals surface area contributed by atoms with E-state index in [1.165, 1.54) is 14.2 Å². The number of carbonyl (C=O) groups is 1. The van der Waals surface area contributed by atoms with E-state index in [1.54, 1.807) is 17.0 Å². The van der Waals surface area contributed by atoms with Crippen molar-refractivity contribution in [3.8, 4) is 17.6 Å². The van der Waals surface area contributed by atoms with E-state index in [-0.39, 0.29) is 24.1 Å². The first kappa shape index (κ1) is 16.6. The average molecular weight is 291 g/mol. The average Bonchev–Trinajstić information content (AvgIpc) is 2.47. The molecule has 0 atom stereocenters. The molecule has 114 valence electrons. The van der Waals surface area contributed by atoms with Gasteiger partial charge in [-0.3, -0.25) is 4.79 Å². The summed E-state index contributed by atoms with van der Waals surface area (Å²) in [7, 11) is 2.99. The van der Waals surface area contributed by atoms with Gasteiger partial charge in [0.25, 0.3) is 5.91 Å². The Labute approximate surface area is 125 Å². The molecule has 0 radical (unpaired) electrons. The second-order valence-corrected chi connectivity index (χ2v) is 4.79. The molecule has 0 fully saturated rings. The van der Waals surface area contributed by atoms with E-state index in [0.717, 1.165) is 0 Å². The molecule has 2 N–H and O–H groups in total. The highest BCUT2D eigenvalue weighted by Crippen LogP contribution is 2.32. The maximum absolute atomic E-state index is 12.7. The van der Waals surface area contributed by atoms with Gasteiger partial charge in [0, 0.05) is 18.7 Å². The number of hydrogen-bond donors (Lipinski definition) is 1. The summed E-state index contributed by atoms with van der Waals surface area (Å²) >= 11 is 0. The van der Waals surface area contributed by atoms with Gasteiger partial charge in [0.2, 0.25) is 0 Å². The molecule has 6 heteroatoms. The Balaban J connectivity index is 3.23. The molecule has 0 saturated heterocycles. The summed E-state index contributed by atoms with van der Waals surface area (Å²) in [6.07, 6.45) is 0.269. The lowest BCUT2D eigenvalue weighted by Crippen LogP contribution is -2.38. The van der Waals surface area contributed by atoms with Gasteiger partial charge >= 0.3 is 0 Å². The van der Waals surface area contributed by atoms with Crippen molar-refractivity contribution in [2.75, 3.05) is 26.5 Å². The van der Waals surface area contributed by atoms with Crippen LogP contribution in [-0.2, 0) is 0 Å². The molecule has 0 aromatic heterocycles. The summed E-state index contributed by atoms with van der Waals surface area (Å²) in [6, 6.07) is 5.22. The minimum absolute atomic E-state index is 0.0394. The maximum Gasteiger partial charge on any atom is 0.256 e. The molecule has 21 heavy (non-hydrogen) atoms. The Hall–Kier alpha value is -2.42. The highest BCUT2D eigenvalue weighted by Gasteiger charge is 2.23. The van der Waals surface area contributed by atoms with Crippen LogP contribution in [0.5, 0.6) is 11.5 Å². The van der Waals surface area contributed by atoms with Crippen molar-refractivity contribution < 1.29 is 14.3 Å². The van der Waals surface area contributed by atoms with E-state index >= 15 is 0 Å². The highest BCUT2D eigenvalue weighted by atomic mass is 16.5. The van der Waals surface area contributed by atoms with Crippen molar-refractivity contribution >= 4 is 11.6 Å². The molecule has 0 saturated carbocycles. The van der Waals surface area contributed by atoms with E-state index in [4.69, 9.17) is 20.5 Å². The molecule has 1 rings (SSSR count). The van der Waals surface area contributed by atoms with Crippen LogP contribution in [0.1, 0.15) is 30.6 Å². The van der Waals surface area contributed by atoms with Crippen molar-refractivity contribution in [2.45, 2.75) is 26.3 Å². The summed E-state index contributed by atoms with van der Waals surface area (Å²) in [6.45, 7) is 4.14. The third-order valence-corrected chi connectivity index (χ3v) is 3.15. The third-order valence-electron chi connectivity index (χ3n) is 3.15. The normalized spacial score (nSPS) is 10.1. The Morgan fingerprint density at radius 2 is 2.05 bits per heavy atom. The van der Waals surface area contributed by atoms with E-state index in [1.807, 2.05) is 19.9 Å². The molecule has 1 amide bonds. The van der Waals surface area contributed by atoms with Crippen LogP contribution in [0.4, 0.5) is 5.69 Å². The van der Waals surface area contributed by atoms with E-state index < -0.39 is 0 Å². The number of anilines is 1. The summed E-state index contributed by atoms with van der Waals surface area (Å²) in [4.78, 5) is 14.3. The molecule has 0 aliphatic heterocycles. The number of rotatable bonds is 6. The standard InChI is InChI=1S/C15H21N3O3/c1-10(2)18(7-5-6-16)15(19)12-8-11(20-3)9-13(21-4)14(12)17/h8-10H,5,7,17H2,1-4H3. The fraction of sp³-hybridized carbons (Fsp3) is 0.467. The number of carbonyl (C=O) groups excluding carboxylic acids is 1. The Morgan fingerprint density at radius 1 is 1.38 bits per heavy atom. The lowest BCUT2D eigenvalue weighted by atomic mass is 10.1. The molecule has 0 unspecified atom stereocenters. The maximum atomic E-state index is 12.7. The SMILES string of the molecule is COc1cc(OC)c(N)c(C(=O)N(CCC#N)C(C)C)c1. The van der Waals surface area contributed by atoms with E-state index in [0.29, 0.717) is 23.6 Å². The van der Waals surface area contributed by atoms with Crippen LogP contribution in [0.25, 0.3) is 0 Å². The quantitative estimate of drug-likeness (QED) is 0.810. The number of nitrogens with zero attached hydrogens (tertiary/aromatic N) is 2. The third kappa shape index (κ3) is 3.78. The van der Waals surface area contributed by atoms with Crippen molar-refractivity contribution in [3.63, 3.8) is 0 Å². The molecule has 6 nitrogen and oxygen atoms in total. The van der Waals surface area contributed by atoms with Crippen LogP contribution in [0.15, 0.2) is 12.1 Å². The van der Waals surface area contributed by atoms with Gasteiger partial charge < -0.3 is 20.1 Å². The van der Waals surface area contributed by atoms with Crippen molar-refractivity contribution in [2.24, 2.45) is 0 Å². The lowest BCUT2D eigenvalue weighted by Gasteiger charge is -2.27. The molecular weight excluding hydrogens is 270 g/mol. The van der Waals surface area contributed by atoms with Gasteiger partial charge in [0.1, 0.15) is 11.5 Å². The highest BCUT2D eigenvalue weighted by molar-refractivity contribution is 6.01. The smallest absolute Gasteiger partial charge is 0.256 e. The van der Waals surface area contributed by atoms with Gasteiger partial charge in [-0.2, -0.15) is 5.26 Å². The number of nitrogen functional groups attached to an aromatic ring is 1. The fourth-order valence-corrected chi connectivity index (χ4v) is 1.98. The van der Waals surface area contributed by atoms with Gasteiger partial charge in [0.05, 0.1) is 38.0 Å². The zero-order valence-corrected chi connectivity index (χ0v) is 12.8. The molecule has 0 aliphatic rings. The second kappa shape index (κ2) is 7.39. The Kier molecular flexibility index (Phi) is 5.85. The molecule has 1 aromatic rings. The molecule has 0 bridgehead atoms. The number of nitriles is 1. The van der Waals surface area contributed by atoms with Gasteiger partial charge in [0.15, 0.2) is 0 Å². The van der Waals surface area contributed by atoms with Crippen LogP contribution in [0.2, 0.25) is 0 Å². The molecule has 0 aliphatic carbocycles. The van der Waals surface area contributed by atoms with Gasteiger partial charge in [-0.15, -0.1) is 0 Å². The minimum atomic E-state index is -0.241. The molecule has 1 aromatic carbocycles. The van der Waals surface area contributed by atoms with Crippen LogP contribution < -0.4 is 15.2 Å². The van der Waals surface area contributed by atoms with E-state index in [9.17, 15) is 4.79 Å². The lowest BCUT2D eigenvalue weighted by molar-refractivity contribution is 0.0710. The first-order valence-electron chi connectivity index (χ1n) is 6.65. The number of amides is 1. The van der Waals surface area contributed by atoms with Gasteiger partial charge in [-0.1, -0.05) is 0 Å². The molecule has 0 heterocycles. The van der Waals surface area contributed by atoms with Crippen molar-refractivity contribution in [3.05, 3.63) is 17.7 Å². The van der Waals surface area contributed by atoms with Crippen molar-refractivity contribution in [1.82, 2.24) is 4.90 Å². The number of ether oxygens (including phenoxy) is 2. The first-order chi connectivity index (χ1) is 9.96.